The molecular weight excluding hydrogens is 200 g/mol. The van der Waals surface area contributed by atoms with E-state index in [9.17, 15) is 5.11 Å². The fourth-order valence-corrected chi connectivity index (χ4v) is 1.91. The van der Waals surface area contributed by atoms with Crippen molar-refractivity contribution in [3.8, 4) is 0 Å². The van der Waals surface area contributed by atoms with Crippen molar-refractivity contribution in [3.05, 3.63) is 35.5 Å². The van der Waals surface area contributed by atoms with Crippen molar-refractivity contribution in [1.82, 2.24) is 10.3 Å². The molecule has 0 saturated heterocycles. The zero-order chi connectivity index (χ0) is 11.4. The highest BCUT2D eigenvalue weighted by Crippen LogP contribution is 2.19. The molecule has 1 aromatic heterocycles. The second-order valence-corrected chi connectivity index (χ2v) is 4.01. The Bertz CT molecular complexity index is 462. The van der Waals surface area contributed by atoms with Crippen molar-refractivity contribution >= 4 is 10.9 Å². The van der Waals surface area contributed by atoms with Gasteiger partial charge >= 0.3 is 0 Å². The first kappa shape index (κ1) is 11.2. The SMILES string of the molecule is CCCNCc1cc2c(CO)cccc2[nH]1. The molecule has 2 aromatic rings. The molecule has 0 fully saturated rings. The summed E-state index contributed by atoms with van der Waals surface area (Å²) in [4.78, 5) is 3.36. The van der Waals surface area contributed by atoms with Gasteiger partial charge in [-0.25, -0.2) is 0 Å². The van der Waals surface area contributed by atoms with Crippen molar-refractivity contribution in [1.29, 1.82) is 0 Å². The summed E-state index contributed by atoms with van der Waals surface area (Å²) in [5.41, 5.74) is 3.25. The molecule has 0 saturated carbocycles. The molecule has 86 valence electrons. The lowest BCUT2D eigenvalue weighted by Crippen LogP contribution is -2.13. The largest absolute Gasteiger partial charge is 0.392 e. The molecule has 0 bridgehead atoms. The van der Waals surface area contributed by atoms with E-state index in [4.69, 9.17) is 0 Å². The van der Waals surface area contributed by atoms with Gasteiger partial charge in [0.15, 0.2) is 0 Å². The number of aliphatic hydroxyl groups is 1. The molecule has 0 unspecified atom stereocenters. The van der Waals surface area contributed by atoms with Crippen LogP contribution in [-0.4, -0.2) is 16.6 Å². The minimum absolute atomic E-state index is 0.0943. The third kappa shape index (κ3) is 2.26. The minimum atomic E-state index is 0.0943. The number of nitrogens with one attached hydrogen (secondary N) is 2. The number of fused-ring (bicyclic) bond motifs is 1. The highest BCUT2D eigenvalue weighted by Gasteiger charge is 2.03. The summed E-state index contributed by atoms with van der Waals surface area (Å²) in [5, 5.41) is 13.7. The number of aliphatic hydroxyl groups excluding tert-OH is 1. The Balaban J connectivity index is 2.22. The Morgan fingerprint density at radius 3 is 3.00 bits per heavy atom. The monoisotopic (exact) mass is 218 g/mol. The zero-order valence-corrected chi connectivity index (χ0v) is 9.59. The van der Waals surface area contributed by atoms with Gasteiger partial charge in [0.1, 0.15) is 0 Å². The fourth-order valence-electron chi connectivity index (χ4n) is 1.91. The molecule has 0 amide bonds. The van der Waals surface area contributed by atoms with E-state index in [1.54, 1.807) is 0 Å². The van der Waals surface area contributed by atoms with E-state index < -0.39 is 0 Å². The molecule has 16 heavy (non-hydrogen) atoms. The van der Waals surface area contributed by atoms with Crippen LogP contribution in [0.4, 0.5) is 0 Å². The minimum Gasteiger partial charge on any atom is -0.392 e. The number of H-pyrrole nitrogens is 1. The first-order chi connectivity index (χ1) is 7.85. The Labute approximate surface area is 95.5 Å². The van der Waals surface area contributed by atoms with Crippen LogP contribution in [0.3, 0.4) is 0 Å². The molecule has 1 heterocycles. The van der Waals surface area contributed by atoms with Crippen molar-refractivity contribution in [2.24, 2.45) is 0 Å². The normalized spacial score (nSPS) is 11.1. The van der Waals surface area contributed by atoms with Crippen LogP contribution in [0.15, 0.2) is 24.3 Å². The third-order valence-corrected chi connectivity index (χ3v) is 2.72. The van der Waals surface area contributed by atoms with Gasteiger partial charge in [0.05, 0.1) is 6.61 Å². The van der Waals surface area contributed by atoms with Gasteiger partial charge in [-0.3, -0.25) is 0 Å². The Kier molecular flexibility index (Phi) is 3.59. The summed E-state index contributed by atoms with van der Waals surface area (Å²) in [6.07, 6.45) is 1.14. The molecule has 0 spiro atoms. The summed E-state index contributed by atoms with van der Waals surface area (Å²) in [7, 11) is 0. The second kappa shape index (κ2) is 5.14. The van der Waals surface area contributed by atoms with E-state index >= 15 is 0 Å². The molecule has 0 radical (unpaired) electrons. The van der Waals surface area contributed by atoms with Crippen LogP contribution in [-0.2, 0) is 13.2 Å². The molecule has 1 aromatic carbocycles. The molecular formula is C13H18N2O. The van der Waals surface area contributed by atoms with Gasteiger partial charge in [-0.15, -0.1) is 0 Å². The van der Waals surface area contributed by atoms with Crippen LogP contribution >= 0.6 is 0 Å². The summed E-state index contributed by atoms with van der Waals surface area (Å²) in [5.74, 6) is 0. The van der Waals surface area contributed by atoms with Crippen LogP contribution in [0.25, 0.3) is 10.9 Å². The topological polar surface area (TPSA) is 48.0 Å². The summed E-state index contributed by atoms with van der Waals surface area (Å²) >= 11 is 0. The molecule has 0 aliphatic carbocycles. The molecule has 0 atom stereocenters. The van der Waals surface area contributed by atoms with Gasteiger partial charge in [0, 0.05) is 23.1 Å². The van der Waals surface area contributed by atoms with E-state index in [2.05, 4.69) is 23.3 Å². The molecule has 3 N–H and O–H groups in total. The fraction of sp³-hybridized carbons (Fsp3) is 0.385. The van der Waals surface area contributed by atoms with Gasteiger partial charge in [-0.1, -0.05) is 19.1 Å². The predicted molar refractivity (Wildman–Crippen MR) is 66.2 cm³/mol. The number of hydrogen-bond donors (Lipinski definition) is 3. The van der Waals surface area contributed by atoms with E-state index in [-0.39, 0.29) is 6.61 Å². The van der Waals surface area contributed by atoms with Crippen molar-refractivity contribution in [3.63, 3.8) is 0 Å². The van der Waals surface area contributed by atoms with Gasteiger partial charge in [0.2, 0.25) is 0 Å². The average Bonchev–Trinajstić information content (AvgIpc) is 2.71. The molecule has 3 heteroatoms. The van der Waals surface area contributed by atoms with Gasteiger partial charge in [0.25, 0.3) is 0 Å². The zero-order valence-electron chi connectivity index (χ0n) is 9.59. The molecule has 3 nitrogen and oxygen atoms in total. The Hall–Kier alpha value is -1.32. The lowest BCUT2D eigenvalue weighted by atomic mass is 10.1. The number of benzene rings is 1. The highest BCUT2D eigenvalue weighted by atomic mass is 16.3. The van der Waals surface area contributed by atoms with E-state index in [1.165, 1.54) is 5.69 Å². The van der Waals surface area contributed by atoms with E-state index in [1.807, 2.05) is 18.2 Å². The lowest BCUT2D eigenvalue weighted by Gasteiger charge is -1.98. The number of aromatic amines is 1. The van der Waals surface area contributed by atoms with Crippen molar-refractivity contribution in [2.45, 2.75) is 26.5 Å². The second-order valence-electron chi connectivity index (χ2n) is 4.01. The third-order valence-electron chi connectivity index (χ3n) is 2.72. The summed E-state index contributed by atoms with van der Waals surface area (Å²) < 4.78 is 0. The van der Waals surface area contributed by atoms with E-state index in [0.717, 1.165) is 36.0 Å². The van der Waals surface area contributed by atoms with E-state index in [0.29, 0.717) is 0 Å². The predicted octanol–water partition coefficient (Wildman–Crippen LogP) is 2.16. The van der Waals surface area contributed by atoms with Crippen LogP contribution in [0.2, 0.25) is 0 Å². The number of hydrogen-bond acceptors (Lipinski definition) is 2. The molecule has 0 aliphatic rings. The Morgan fingerprint density at radius 1 is 1.38 bits per heavy atom. The maximum Gasteiger partial charge on any atom is 0.0688 e. The molecule has 0 aliphatic heterocycles. The van der Waals surface area contributed by atoms with Gasteiger partial charge in [-0.05, 0) is 30.7 Å². The van der Waals surface area contributed by atoms with Gasteiger partial charge < -0.3 is 15.4 Å². The number of aromatic nitrogens is 1. The highest BCUT2D eigenvalue weighted by molar-refractivity contribution is 5.83. The van der Waals surface area contributed by atoms with Crippen molar-refractivity contribution in [2.75, 3.05) is 6.54 Å². The molecule has 2 rings (SSSR count). The summed E-state index contributed by atoms with van der Waals surface area (Å²) in [6, 6.07) is 8.08. The number of rotatable bonds is 5. The smallest absolute Gasteiger partial charge is 0.0688 e. The first-order valence-electron chi connectivity index (χ1n) is 5.76. The maximum absolute atomic E-state index is 9.23. The van der Waals surface area contributed by atoms with Crippen molar-refractivity contribution < 1.29 is 5.11 Å². The first-order valence-corrected chi connectivity index (χ1v) is 5.76. The maximum atomic E-state index is 9.23. The quantitative estimate of drug-likeness (QED) is 0.673. The Morgan fingerprint density at radius 2 is 2.25 bits per heavy atom. The average molecular weight is 218 g/mol. The summed E-state index contributed by atoms with van der Waals surface area (Å²) in [6.45, 7) is 4.13. The van der Waals surface area contributed by atoms with Crippen LogP contribution in [0, 0.1) is 0 Å². The van der Waals surface area contributed by atoms with Crippen LogP contribution < -0.4 is 5.32 Å². The lowest BCUT2D eigenvalue weighted by molar-refractivity contribution is 0.283. The standard InChI is InChI=1S/C13H18N2O/c1-2-6-14-8-11-7-12-10(9-16)4-3-5-13(12)15-11/h3-5,7,14-16H,2,6,8-9H2,1H3. The van der Waals surface area contributed by atoms with Crippen LogP contribution in [0.1, 0.15) is 24.6 Å². The van der Waals surface area contributed by atoms with Gasteiger partial charge in [-0.2, -0.15) is 0 Å². The van der Waals surface area contributed by atoms with Crippen LogP contribution in [0.5, 0.6) is 0 Å².